The number of hydrogen-bond donors (Lipinski definition) is 1. The van der Waals surface area contributed by atoms with Gasteiger partial charge in [0.15, 0.2) is 5.69 Å². The molecule has 23 heavy (non-hydrogen) atoms. The normalized spacial score (nSPS) is 13.2. The average Bonchev–Trinajstić information content (AvgIpc) is 3.00. The molecule has 1 unspecified atom stereocenters. The quantitative estimate of drug-likeness (QED) is 0.867. The second kappa shape index (κ2) is 6.34. The monoisotopic (exact) mass is 393 g/mol. The lowest BCUT2D eigenvalue weighted by molar-refractivity contribution is -0.142. The van der Waals surface area contributed by atoms with Crippen molar-refractivity contribution < 1.29 is 18.0 Å². The Morgan fingerprint density at radius 1 is 1.48 bits per heavy atom. The van der Waals surface area contributed by atoms with Gasteiger partial charge in [0.1, 0.15) is 6.04 Å². The summed E-state index contributed by atoms with van der Waals surface area (Å²) in [7, 11) is 1.73. The van der Waals surface area contributed by atoms with Crippen LogP contribution in [0.25, 0.3) is 0 Å². The molecule has 0 spiro atoms. The van der Waals surface area contributed by atoms with Crippen LogP contribution in [0.1, 0.15) is 30.0 Å². The van der Waals surface area contributed by atoms with E-state index in [1.165, 1.54) is 13.8 Å². The number of amides is 1. The average molecular weight is 394 g/mol. The van der Waals surface area contributed by atoms with Crippen LogP contribution in [0.3, 0.4) is 0 Å². The van der Waals surface area contributed by atoms with Crippen molar-refractivity contribution in [2.24, 2.45) is 7.05 Å². The van der Waals surface area contributed by atoms with Gasteiger partial charge in [0.05, 0.1) is 22.4 Å². The third-order valence-electron chi connectivity index (χ3n) is 3.46. The first kappa shape index (κ1) is 17.5. The van der Waals surface area contributed by atoms with Crippen LogP contribution in [0.2, 0.25) is 0 Å². The van der Waals surface area contributed by atoms with E-state index >= 15 is 0 Å². The SMILES string of the molecule is Cc1c(Br)c(C(F)(F)F)nn1C(C)C(=O)NCc1ccnn1C. The van der Waals surface area contributed by atoms with Crippen molar-refractivity contribution in [3.8, 4) is 0 Å². The third kappa shape index (κ3) is 3.57. The van der Waals surface area contributed by atoms with Crippen molar-refractivity contribution in [3.05, 3.63) is 33.8 Å². The summed E-state index contributed by atoms with van der Waals surface area (Å²) >= 11 is 2.89. The molecule has 0 aliphatic carbocycles. The Morgan fingerprint density at radius 3 is 2.61 bits per heavy atom. The van der Waals surface area contributed by atoms with E-state index in [-0.39, 0.29) is 16.7 Å². The maximum absolute atomic E-state index is 12.9. The molecule has 6 nitrogen and oxygen atoms in total. The van der Waals surface area contributed by atoms with Gasteiger partial charge in [0, 0.05) is 13.2 Å². The summed E-state index contributed by atoms with van der Waals surface area (Å²) in [5.41, 5.74) is -0.0262. The number of nitrogens with one attached hydrogen (secondary N) is 1. The number of rotatable bonds is 4. The van der Waals surface area contributed by atoms with Gasteiger partial charge in [-0.1, -0.05) is 0 Å². The van der Waals surface area contributed by atoms with Crippen LogP contribution >= 0.6 is 15.9 Å². The Bertz CT molecular complexity index is 722. The lowest BCUT2D eigenvalue weighted by Gasteiger charge is -2.14. The van der Waals surface area contributed by atoms with Crippen molar-refractivity contribution in [2.45, 2.75) is 32.6 Å². The second-order valence-corrected chi connectivity index (χ2v) is 5.82. The summed E-state index contributed by atoms with van der Waals surface area (Å²) in [5, 5.41) is 10.2. The molecule has 0 aliphatic rings. The molecule has 1 atom stereocenters. The Kier molecular flexibility index (Phi) is 4.83. The van der Waals surface area contributed by atoms with E-state index in [4.69, 9.17) is 0 Å². The summed E-state index contributed by atoms with van der Waals surface area (Å²) in [6, 6.07) is 0.859. The van der Waals surface area contributed by atoms with Crippen LogP contribution < -0.4 is 5.32 Å². The molecule has 126 valence electrons. The number of aromatic nitrogens is 4. The zero-order valence-electron chi connectivity index (χ0n) is 12.6. The fraction of sp³-hybridized carbons (Fsp3) is 0.462. The van der Waals surface area contributed by atoms with E-state index in [2.05, 4.69) is 31.4 Å². The Hall–Kier alpha value is -1.84. The Labute approximate surface area is 138 Å². The van der Waals surface area contributed by atoms with Crippen LogP contribution in [0, 0.1) is 6.92 Å². The number of aryl methyl sites for hydroxylation is 1. The van der Waals surface area contributed by atoms with Crippen molar-refractivity contribution >= 4 is 21.8 Å². The molecule has 0 saturated carbocycles. The molecule has 0 aromatic carbocycles. The summed E-state index contributed by atoms with van der Waals surface area (Å²) in [6.45, 7) is 3.19. The van der Waals surface area contributed by atoms with E-state index in [1.807, 2.05) is 0 Å². The van der Waals surface area contributed by atoms with E-state index in [9.17, 15) is 18.0 Å². The first-order valence-electron chi connectivity index (χ1n) is 6.69. The Morgan fingerprint density at radius 2 is 2.13 bits per heavy atom. The minimum atomic E-state index is -4.58. The highest BCUT2D eigenvalue weighted by Crippen LogP contribution is 2.36. The van der Waals surface area contributed by atoms with Crippen LogP contribution in [-0.4, -0.2) is 25.5 Å². The van der Waals surface area contributed by atoms with Gasteiger partial charge in [-0.25, -0.2) is 0 Å². The highest BCUT2D eigenvalue weighted by atomic mass is 79.9. The van der Waals surface area contributed by atoms with Crippen molar-refractivity contribution in [3.63, 3.8) is 0 Å². The largest absolute Gasteiger partial charge is 0.436 e. The predicted molar refractivity (Wildman–Crippen MR) is 79.4 cm³/mol. The molecule has 0 bridgehead atoms. The van der Waals surface area contributed by atoms with Crippen LogP contribution in [0.4, 0.5) is 13.2 Å². The van der Waals surface area contributed by atoms with Gasteiger partial charge in [-0.15, -0.1) is 0 Å². The van der Waals surface area contributed by atoms with E-state index in [0.29, 0.717) is 0 Å². The lowest BCUT2D eigenvalue weighted by Crippen LogP contribution is -2.32. The first-order chi connectivity index (χ1) is 10.6. The van der Waals surface area contributed by atoms with Gasteiger partial charge in [-0.3, -0.25) is 14.2 Å². The molecule has 10 heteroatoms. The van der Waals surface area contributed by atoms with Gasteiger partial charge < -0.3 is 5.32 Å². The summed E-state index contributed by atoms with van der Waals surface area (Å²) in [6.07, 6.45) is -2.99. The van der Waals surface area contributed by atoms with E-state index < -0.39 is 23.8 Å². The number of carbonyl (C=O) groups is 1. The zero-order chi connectivity index (χ0) is 17.4. The Balaban J connectivity index is 2.15. The summed E-state index contributed by atoms with van der Waals surface area (Å²) in [5.74, 6) is -0.432. The van der Waals surface area contributed by atoms with E-state index in [1.54, 1.807) is 24.0 Å². The topological polar surface area (TPSA) is 64.7 Å². The highest BCUT2D eigenvalue weighted by molar-refractivity contribution is 9.10. The van der Waals surface area contributed by atoms with Gasteiger partial charge in [0.2, 0.25) is 5.91 Å². The molecule has 2 aromatic heterocycles. The minimum absolute atomic E-state index is 0.156. The zero-order valence-corrected chi connectivity index (χ0v) is 14.2. The molecule has 1 N–H and O–H groups in total. The standard InChI is InChI=1S/C13H15BrF3N5O/c1-7-10(14)11(13(15,16)17)20-22(7)8(2)12(23)18-6-9-4-5-19-21(9)3/h4-5,8H,6H2,1-3H3,(H,18,23). The molecule has 2 aromatic rings. The number of alkyl halides is 3. The highest BCUT2D eigenvalue weighted by Gasteiger charge is 2.38. The van der Waals surface area contributed by atoms with Crippen LogP contribution in [0.5, 0.6) is 0 Å². The van der Waals surface area contributed by atoms with Gasteiger partial charge in [-0.2, -0.15) is 23.4 Å². The van der Waals surface area contributed by atoms with Crippen LogP contribution in [0.15, 0.2) is 16.7 Å². The second-order valence-electron chi connectivity index (χ2n) is 5.03. The molecular weight excluding hydrogens is 379 g/mol. The van der Waals surface area contributed by atoms with Crippen LogP contribution in [-0.2, 0) is 24.6 Å². The molecule has 2 rings (SSSR count). The number of carbonyl (C=O) groups excluding carboxylic acids is 1. The van der Waals surface area contributed by atoms with Crippen molar-refractivity contribution in [1.82, 2.24) is 24.9 Å². The van der Waals surface area contributed by atoms with Gasteiger partial charge in [-0.05, 0) is 35.8 Å². The van der Waals surface area contributed by atoms with Crippen molar-refractivity contribution in [1.29, 1.82) is 0 Å². The first-order valence-corrected chi connectivity index (χ1v) is 7.48. The fourth-order valence-electron chi connectivity index (χ4n) is 2.07. The third-order valence-corrected chi connectivity index (χ3v) is 4.41. The summed E-state index contributed by atoms with van der Waals surface area (Å²) < 4.78 is 41.1. The number of nitrogens with zero attached hydrogens (tertiary/aromatic N) is 4. The predicted octanol–water partition coefficient (Wildman–Crippen LogP) is 2.58. The molecule has 0 radical (unpaired) electrons. The fourth-order valence-corrected chi connectivity index (χ4v) is 2.55. The smallest absolute Gasteiger partial charge is 0.349 e. The van der Waals surface area contributed by atoms with Gasteiger partial charge >= 0.3 is 6.18 Å². The maximum atomic E-state index is 12.9. The molecule has 0 fully saturated rings. The number of halogens is 4. The van der Waals surface area contributed by atoms with E-state index in [0.717, 1.165) is 10.4 Å². The molecule has 0 saturated heterocycles. The molecule has 2 heterocycles. The molecular formula is C13H15BrF3N5O. The minimum Gasteiger partial charge on any atom is -0.349 e. The number of hydrogen-bond acceptors (Lipinski definition) is 3. The summed E-state index contributed by atoms with van der Waals surface area (Å²) in [4.78, 5) is 12.2. The van der Waals surface area contributed by atoms with Gasteiger partial charge in [0.25, 0.3) is 0 Å². The maximum Gasteiger partial charge on any atom is 0.436 e. The lowest BCUT2D eigenvalue weighted by atomic mass is 10.3. The van der Waals surface area contributed by atoms with Crippen molar-refractivity contribution in [2.75, 3.05) is 0 Å². The molecule has 1 amide bonds. The molecule has 0 aliphatic heterocycles.